The lowest BCUT2D eigenvalue weighted by molar-refractivity contribution is 0.627. The van der Waals surface area contributed by atoms with Gasteiger partial charge in [-0.05, 0) is 51.6 Å². The number of allylic oxidation sites excluding steroid dienone is 6. The Balaban J connectivity index is 0.00000225. The highest BCUT2D eigenvalue weighted by molar-refractivity contribution is 5.84. The van der Waals surface area contributed by atoms with E-state index in [9.17, 15) is 0 Å². The maximum absolute atomic E-state index is 2.30. The molecule has 0 spiro atoms. The van der Waals surface area contributed by atoms with Crippen molar-refractivity contribution in [2.75, 3.05) is 0 Å². The van der Waals surface area contributed by atoms with Gasteiger partial charge in [-0.3, -0.25) is 0 Å². The summed E-state index contributed by atoms with van der Waals surface area (Å²) in [6.45, 7) is 4.46. The molecule has 3 aromatic carbocycles. The molecular formula is C28H28. The average molecular weight is 365 g/mol. The SMILES string of the molecule is C.CC1(C)C=CC=C(c2cc(-c3ccccc3)cc(-c3ccccc3)c2)C=C1. The molecule has 0 unspecified atom stereocenters. The van der Waals surface area contributed by atoms with Crippen LogP contribution in [0.1, 0.15) is 26.8 Å². The van der Waals surface area contributed by atoms with E-state index < -0.39 is 0 Å². The molecule has 1 aliphatic rings. The van der Waals surface area contributed by atoms with Gasteiger partial charge in [-0.1, -0.05) is 112 Å². The highest BCUT2D eigenvalue weighted by Gasteiger charge is 2.12. The van der Waals surface area contributed by atoms with Crippen LogP contribution in [0.3, 0.4) is 0 Å². The molecule has 3 aromatic rings. The third-order valence-corrected chi connectivity index (χ3v) is 4.97. The Hall–Kier alpha value is -3.12. The van der Waals surface area contributed by atoms with Crippen LogP contribution < -0.4 is 0 Å². The molecule has 0 aromatic heterocycles. The average Bonchev–Trinajstić information content (AvgIpc) is 2.89. The lowest BCUT2D eigenvalue weighted by Crippen LogP contribution is -2.00. The molecule has 0 atom stereocenters. The van der Waals surface area contributed by atoms with Crippen LogP contribution in [-0.2, 0) is 0 Å². The molecule has 0 heterocycles. The smallest absolute Gasteiger partial charge is 0.00109 e. The first-order chi connectivity index (χ1) is 13.1. The Morgan fingerprint density at radius 1 is 0.571 bits per heavy atom. The summed E-state index contributed by atoms with van der Waals surface area (Å²) in [7, 11) is 0. The van der Waals surface area contributed by atoms with Crippen molar-refractivity contribution in [3.8, 4) is 22.3 Å². The van der Waals surface area contributed by atoms with Crippen molar-refractivity contribution < 1.29 is 0 Å². The van der Waals surface area contributed by atoms with Crippen LogP contribution in [0.2, 0.25) is 0 Å². The Bertz CT molecular complexity index is 958. The van der Waals surface area contributed by atoms with E-state index >= 15 is 0 Å². The number of hydrogen-bond acceptors (Lipinski definition) is 0. The van der Waals surface area contributed by atoms with Gasteiger partial charge in [0.25, 0.3) is 0 Å². The second kappa shape index (κ2) is 8.27. The first-order valence-corrected chi connectivity index (χ1v) is 9.46. The molecule has 0 amide bonds. The Morgan fingerprint density at radius 2 is 1.07 bits per heavy atom. The van der Waals surface area contributed by atoms with Crippen molar-refractivity contribution in [2.24, 2.45) is 5.41 Å². The summed E-state index contributed by atoms with van der Waals surface area (Å²) in [5, 5.41) is 0. The zero-order chi connectivity index (χ0) is 18.7. The fourth-order valence-electron chi connectivity index (χ4n) is 3.40. The van der Waals surface area contributed by atoms with E-state index in [0.29, 0.717) is 0 Å². The van der Waals surface area contributed by atoms with Crippen LogP contribution >= 0.6 is 0 Å². The van der Waals surface area contributed by atoms with Crippen LogP contribution in [0, 0.1) is 5.41 Å². The van der Waals surface area contributed by atoms with Gasteiger partial charge in [0, 0.05) is 5.41 Å². The summed E-state index contributed by atoms with van der Waals surface area (Å²) in [6.07, 6.45) is 11.2. The van der Waals surface area contributed by atoms with Gasteiger partial charge in [-0.25, -0.2) is 0 Å². The van der Waals surface area contributed by atoms with Gasteiger partial charge in [-0.15, -0.1) is 0 Å². The zero-order valence-electron chi connectivity index (χ0n) is 15.9. The third-order valence-electron chi connectivity index (χ3n) is 4.97. The molecule has 0 bridgehead atoms. The van der Waals surface area contributed by atoms with E-state index in [1.807, 2.05) is 0 Å². The normalized spacial score (nSPS) is 14.7. The van der Waals surface area contributed by atoms with E-state index in [1.165, 1.54) is 33.4 Å². The molecule has 4 rings (SSSR count). The Kier molecular flexibility index (Phi) is 5.80. The van der Waals surface area contributed by atoms with Crippen LogP contribution in [0.5, 0.6) is 0 Å². The minimum atomic E-state index is 0. The van der Waals surface area contributed by atoms with E-state index in [-0.39, 0.29) is 12.8 Å². The Morgan fingerprint density at radius 3 is 1.61 bits per heavy atom. The van der Waals surface area contributed by atoms with Crippen molar-refractivity contribution in [3.05, 3.63) is 115 Å². The molecule has 0 fully saturated rings. The van der Waals surface area contributed by atoms with Crippen LogP contribution in [-0.4, -0.2) is 0 Å². The Labute approximate surface area is 169 Å². The second-order valence-corrected chi connectivity index (χ2v) is 7.67. The molecule has 0 nitrogen and oxygen atoms in total. The highest BCUT2D eigenvalue weighted by Crippen LogP contribution is 2.33. The largest absolute Gasteiger partial charge is 0.0776 e. The monoisotopic (exact) mass is 364 g/mol. The van der Waals surface area contributed by atoms with Gasteiger partial charge in [0.1, 0.15) is 0 Å². The van der Waals surface area contributed by atoms with Crippen molar-refractivity contribution in [1.82, 2.24) is 0 Å². The molecule has 0 saturated heterocycles. The molecule has 140 valence electrons. The van der Waals surface area contributed by atoms with E-state index in [1.54, 1.807) is 0 Å². The summed E-state index contributed by atoms with van der Waals surface area (Å²) < 4.78 is 0. The van der Waals surface area contributed by atoms with Crippen molar-refractivity contribution in [1.29, 1.82) is 0 Å². The fraction of sp³-hybridized carbons (Fsp3) is 0.143. The lowest BCUT2D eigenvalue weighted by atomic mass is 9.91. The molecule has 0 saturated carbocycles. The summed E-state index contributed by atoms with van der Waals surface area (Å²) in [5.41, 5.74) is 7.54. The van der Waals surface area contributed by atoms with Crippen LogP contribution in [0.15, 0.2) is 109 Å². The molecule has 0 radical (unpaired) electrons. The molecule has 0 N–H and O–H groups in total. The van der Waals surface area contributed by atoms with Gasteiger partial charge in [0.15, 0.2) is 0 Å². The second-order valence-electron chi connectivity index (χ2n) is 7.67. The molecule has 1 aliphatic carbocycles. The van der Waals surface area contributed by atoms with Crippen molar-refractivity contribution >= 4 is 5.57 Å². The lowest BCUT2D eigenvalue weighted by Gasteiger charge is -2.13. The van der Waals surface area contributed by atoms with E-state index in [4.69, 9.17) is 0 Å². The summed E-state index contributed by atoms with van der Waals surface area (Å²) in [6, 6.07) is 28.1. The van der Waals surface area contributed by atoms with Gasteiger partial charge < -0.3 is 0 Å². The molecular weight excluding hydrogens is 336 g/mol. The van der Waals surface area contributed by atoms with Gasteiger partial charge >= 0.3 is 0 Å². The van der Waals surface area contributed by atoms with E-state index in [0.717, 1.165) is 0 Å². The zero-order valence-corrected chi connectivity index (χ0v) is 15.9. The standard InChI is InChI=1S/C27H24.CH4/c1-27(2)16-9-14-23(15-17-27)26-19-24(21-10-5-3-6-11-21)18-25(20-26)22-12-7-4-8-13-22;/h3-20H,1-2H3;1H4. The molecule has 0 heteroatoms. The number of rotatable bonds is 3. The van der Waals surface area contributed by atoms with Crippen LogP contribution in [0.25, 0.3) is 27.8 Å². The summed E-state index contributed by atoms with van der Waals surface area (Å²) in [4.78, 5) is 0. The fourth-order valence-corrected chi connectivity index (χ4v) is 3.40. The van der Waals surface area contributed by atoms with E-state index in [2.05, 4.69) is 123 Å². The van der Waals surface area contributed by atoms with Gasteiger partial charge in [0.05, 0.1) is 0 Å². The molecule has 0 aliphatic heterocycles. The van der Waals surface area contributed by atoms with Crippen molar-refractivity contribution in [2.45, 2.75) is 21.3 Å². The quantitative estimate of drug-likeness (QED) is 0.439. The minimum Gasteiger partial charge on any atom is -0.0776 e. The first kappa shape index (κ1) is 19.6. The maximum Gasteiger partial charge on any atom is 0.00109 e. The van der Waals surface area contributed by atoms with Crippen molar-refractivity contribution in [3.63, 3.8) is 0 Å². The van der Waals surface area contributed by atoms with Crippen LogP contribution in [0.4, 0.5) is 0 Å². The topological polar surface area (TPSA) is 0 Å². The number of benzene rings is 3. The van der Waals surface area contributed by atoms with Gasteiger partial charge in [-0.2, -0.15) is 0 Å². The summed E-state index contributed by atoms with van der Waals surface area (Å²) in [5.74, 6) is 0. The summed E-state index contributed by atoms with van der Waals surface area (Å²) >= 11 is 0. The maximum atomic E-state index is 2.30. The molecule has 28 heavy (non-hydrogen) atoms. The third kappa shape index (κ3) is 4.40. The van der Waals surface area contributed by atoms with Gasteiger partial charge in [0.2, 0.25) is 0 Å². The first-order valence-electron chi connectivity index (χ1n) is 9.46. The predicted octanol–water partition coefficient (Wildman–Crippen LogP) is 8.19. The predicted molar refractivity (Wildman–Crippen MR) is 124 cm³/mol. The highest BCUT2D eigenvalue weighted by atomic mass is 14.2. The minimum absolute atomic E-state index is 0. The number of hydrogen-bond donors (Lipinski definition) is 0.